The van der Waals surface area contributed by atoms with Crippen molar-refractivity contribution < 1.29 is 0 Å². The summed E-state index contributed by atoms with van der Waals surface area (Å²) in [5.41, 5.74) is 5.84. The molecule has 18 heavy (non-hydrogen) atoms. The minimum atomic E-state index is 0.595. The molecule has 0 aromatic heterocycles. The monoisotopic (exact) mass is 250 g/mol. The Labute approximate surface area is 112 Å². The summed E-state index contributed by atoms with van der Waals surface area (Å²) in [6, 6.07) is 17.6. The molecule has 2 aliphatic rings. The van der Waals surface area contributed by atoms with E-state index in [2.05, 4.69) is 61.5 Å². The van der Waals surface area contributed by atoms with Crippen molar-refractivity contribution in [3.8, 4) is 0 Å². The van der Waals surface area contributed by atoms with E-state index in [0.717, 1.165) is 0 Å². The van der Waals surface area contributed by atoms with Crippen LogP contribution in [0.5, 0.6) is 0 Å². The summed E-state index contributed by atoms with van der Waals surface area (Å²) in [7, 11) is 0. The Kier molecular flexibility index (Phi) is 2.18. The molecule has 0 saturated carbocycles. The first kappa shape index (κ1) is 10.5. The highest BCUT2D eigenvalue weighted by Gasteiger charge is 2.35. The minimum absolute atomic E-state index is 0.595. The molecular weight excluding hydrogens is 236 g/mol. The Morgan fingerprint density at radius 3 is 2.67 bits per heavy atom. The second-order valence-corrected chi connectivity index (χ2v) is 6.24. The van der Waals surface area contributed by atoms with Gasteiger partial charge in [0.05, 0.1) is 0 Å². The maximum Gasteiger partial charge on any atom is 0.0417 e. The predicted molar refractivity (Wildman–Crippen MR) is 78.8 cm³/mol. The Hall–Kier alpha value is -1.47. The third-order valence-electron chi connectivity index (χ3n) is 4.01. The molecule has 1 heteroatoms. The SMILES string of the molecule is CC1c2ccccc2C=C2c3ccccc3S[C@H]21. The van der Waals surface area contributed by atoms with Gasteiger partial charge in [0.15, 0.2) is 0 Å². The quantitative estimate of drug-likeness (QED) is 0.646. The predicted octanol–water partition coefficient (Wildman–Crippen LogP) is 4.82. The van der Waals surface area contributed by atoms with Crippen LogP contribution in [0.1, 0.15) is 29.5 Å². The van der Waals surface area contributed by atoms with Crippen LogP contribution in [0, 0.1) is 0 Å². The van der Waals surface area contributed by atoms with E-state index in [1.807, 2.05) is 11.8 Å². The first-order valence-corrected chi connectivity index (χ1v) is 7.29. The third-order valence-corrected chi connectivity index (χ3v) is 5.54. The summed E-state index contributed by atoms with van der Waals surface area (Å²) in [6.07, 6.45) is 2.39. The van der Waals surface area contributed by atoms with Gasteiger partial charge in [0.25, 0.3) is 0 Å². The van der Waals surface area contributed by atoms with Gasteiger partial charge in [0.2, 0.25) is 0 Å². The molecule has 4 rings (SSSR count). The molecule has 0 N–H and O–H groups in total. The van der Waals surface area contributed by atoms with Crippen molar-refractivity contribution in [2.75, 3.05) is 0 Å². The fourth-order valence-electron chi connectivity index (χ4n) is 3.08. The molecule has 0 fully saturated rings. The largest absolute Gasteiger partial charge is 0.117 e. The van der Waals surface area contributed by atoms with Crippen molar-refractivity contribution in [2.24, 2.45) is 0 Å². The van der Waals surface area contributed by atoms with Crippen LogP contribution in [-0.4, -0.2) is 5.25 Å². The van der Waals surface area contributed by atoms with Gasteiger partial charge in [-0.05, 0) is 40.3 Å². The first-order chi connectivity index (χ1) is 8.84. The number of hydrogen-bond acceptors (Lipinski definition) is 1. The number of hydrogen-bond donors (Lipinski definition) is 0. The molecule has 0 saturated heterocycles. The number of fused-ring (bicyclic) bond motifs is 4. The lowest BCUT2D eigenvalue weighted by molar-refractivity contribution is 0.803. The molecule has 88 valence electrons. The van der Waals surface area contributed by atoms with Crippen LogP contribution < -0.4 is 0 Å². The fourth-order valence-corrected chi connectivity index (χ4v) is 4.50. The topological polar surface area (TPSA) is 0 Å². The van der Waals surface area contributed by atoms with Gasteiger partial charge < -0.3 is 0 Å². The summed E-state index contributed by atoms with van der Waals surface area (Å²) in [6.45, 7) is 2.36. The molecule has 2 aromatic carbocycles. The van der Waals surface area contributed by atoms with E-state index in [1.54, 1.807) is 0 Å². The van der Waals surface area contributed by atoms with E-state index >= 15 is 0 Å². The van der Waals surface area contributed by atoms with Gasteiger partial charge in [0, 0.05) is 10.1 Å². The molecule has 0 spiro atoms. The Bertz CT molecular complexity index is 654. The average molecular weight is 250 g/mol. The molecule has 1 aliphatic heterocycles. The molecule has 1 aliphatic carbocycles. The van der Waals surface area contributed by atoms with E-state index in [0.29, 0.717) is 11.2 Å². The molecule has 1 heterocycles. The van der Waals surface area contributed by atoms with Crippen LogP contribution in [0.25, 0.3) is 11.6 Å². The molecule has 0 bridgehead atoms. The zero-order chi connectivity index (χ0) is 12.1. The fraction of sp³-hybridized carbons (Fsp3) is 0.176. The number of rotatable bonds is 0. The van der Waals surface area contributed by atoms with Crippen molar-refractivity contribution >= 4 is 23.4 Å². The molecule has 2 aromatic rings. The minimum Gasteiger partial charge on any atom is -0.117 e. The smallest absolute Gasteiger partial charge is 0.0417 e. The first-order valence-electron chi connectivity index (χ1n) is 6.41. The van der Waals surface area contributed by atoms with Gasteiger partial charge in [-0.25, -0.2) is 0 Å². The third kappa shape index (κ3) is 1.34. The lowest BCUT2D eigenvalue weighted by Gasteiger charge is -2.27. The maximum absolute atomic E-state index is 2.39. The summed E-state index contributed by atoms with van der Waals surface area (Å²) in [5.74, 6) is 0.596. The maximum atomic E-state index is 2.39. The summed E-state index contributed by atoms with van der Waals surface area (Å²) in [5, 5.41) is 0.595. The highest BCUT2D eigenvalue weighted by molar-refractivity contribution is 8.01. The lowest BCUT2D eigenvalue weighted by atomic mass is 9.82. The summed E-state index contributed by atoms with van der Waals surface area (Å²) < 4.78 is 0. The van der Waals surface area contributed by atoms with Crippen molar-refractivity contribution in [1.82, 2.24) is 0 Å². The standard InChI is InChI=1S/C17H14S/c1-11-13-7-3-2-6-12(13)10-15-14-8-4-5-9-16(14)18-17(11)15/h2-11,17H,1H3/t11?,17-/m0/s1. The van der Waals surface area contributed by atoms with Crippen LogP contribution in [0.3, 0.4) is 0 Å². The molecular formula is C17H14S. The highest BCUT2D eigenvalue weighted by Crippen LogP contribution is 2.53. The van der Waals surface area contributed by atoms with E-state index in [4.69, 9.17) is 0 Å². The van der Waals surface area contributed by atoms with Gasteiger partial charge >= 0.3 is 0 Å². The van der Waals surface area contributed by atoms with E-state index < -0.39 is 0 Å². The van der Waals surface area contributed by atoms with Gasteiger partial charge in [-0.3, -0.25) is 0 Å². The average Bonchev–Trinajstić information content (AvgIpc) is 2.79. The zero-order valence-corrected chi connectivity index (χ0v) is 11.1. The second-order valence-electron chi connectivity index (χ2n) is 5.05. The highest BCUT2D eigenvalue weighted by atomic mass is 32.2. The van der Waals surface area contributed by atoms with Crippen molar-refractivity contribution in [1.29, 1.82) is 0 Å². The van der Waals surface area contributed by atoms with Gasteiger partial charge in [-0.1, -0.05) is 49.4 Å². The number of benzene rings is 2. The van der Waals surface area contributed by atoms with Crippen LogP contribution in [0.15, 0.2) is 53.4 Å². The van der Waals surface area contributed by atoms with Gasteiger partial charge in [0.1, 0.15) is 0 Å². The zero-order valence-electron chi connectivity index (χ0n) is 10.3. The van der Waals surface area contributed by atoms with Gasteiger partial charge in [-0.15, -0.1) is 11.8 Å². The Balaban J connectivity index is 1.95. The lowest BCUT2D eigenvalue weighted by Crippen LogP contribution is -2.15. The molecule has 0 amide bonds. The van der Waals surface area contributed by atoms with Crippen molar-refractivity contribution in [3.63, 3.8) is 0 Å². The Morgan fingerprint density at radius 2 is 1.72 bits per heavy atom. The molecule has 0 nitrogen and oxygen atoms in total. The summed E-state index contributed by atoms with van der Waals surface area (Å²) >= 11 is 2.02. The van der Waals surface area contributed by atoms with Crippen molar-refractivity contribution in [3.05, 3.63) is 65.2 Å². The summed E-state index contributed by atoms with van der Waals surface area (Å²) in [4.78, 5) is 1.44. The second kappa shape index (κ2) is 3.76. The molecule has 0 radical (unpaired) electrons. The van der Waals surface area contributed by atoms with E-state index in [1.165, 1.54) is 27.2 Å². The normalized spacial score (nSPS) is 23.9. The Morgan fingerprint density at radius 1 is 0.944 bits per heavy atom. The van der Waals surface area contributed by atoms with E-state index in [-0.39, 0.29) is 0 Å². The molecule has 2 atom stereocenters. The van der Waals surface area contributed by atoms with Crippen molar-refractivity contribution in [2.45, 2.75) is 23.0 Å². The van der Waals surface area contributed by atoms with Crippen LogP contribution in [0.2, 0.25) is 0 Å². The number of thioether (sulfide) groups is 1. The van der Waals surface area contributed by atoms with Gasteiger partial charge in [-0.2, -0.15) is 0 Å². The van der Waals surface area contributed by atoms with Crippen LogP contribution in [-0.2, 0) is 0 Å². The van der Waals surface area contributed by atoms with Crippen LogP contribution >= 0.6 is 11.8 Å². The van der Waals surface area contributed by atoms with E-state index in [9.17, 15) is 0 Å². The molecule has 1 unspecified atom stereocenters. The van der Waals surface area contributed by atoms with Crippen LogP contribution in [0.4, 0.5) is 0 Å².